The van der Waals surface area contributed by atoms with Gasteiger partial charge in [-0.05, 0) is 24.3 Å². The third kappa shape index (κ3) is 2.76. The number of nitrogens with one attached hydrogen (secondary N) is 3. The summed E-state index contributed by atoms with van der Waals surface area (Å²) in [6, 6.07) is 10.6. The zero-order valence-corrected chi connectivity index (χ0v) is 11.3. The van der Waals surface area contributed by atoms with Crippen LogP contribution in [0.5, 0.6) is 5.88 Å². The van der Waals surface area contributed by atoms with Crippen LogP contribution in [0, 0.1) is 0 Å². The van der Waals surface area contributed by atoms with Gasteiger partial charge in [-0.15, -0.1) is 0 Å². The van der Waals surface area contributed by atoms with E-state index in [1.54, 1.807) is 30.5 Å². The molecule has 3 aromatic rings. The summed E-state index contributed by atoms with van der Waals surface area (Å²) in [5.74, 6) is 0.583. The number of carbonyl (C=O) groups excluding carboxylic acids is 1. The third-order valence-electron chi connectivity index (χ3n) is 2.88. The summed E-state index contributed by atoms with van der Waals surface area (Å²) in [6.07, 6.45) is 1.78. The monoisotopic (exact) mass is 283 g/mol. The molecule has 0 aliphatic carbocycles. The Labute approximate surface area is 120 Å². The Bertz CT molecular complexity index is 784. The van der Waals surface area contributed by atoms with Gasteiger partial charge in [0, 0.05) is 17.6 Å². The van der Waals surface area contributed by atoms with Gasteiger partial charge in [-0.2, -0.15) is 4.98 Å². The highest BCUT2D eigenvalue weighted by Crippen LogP contribution is 2.11. The Kier molecular flexibility index (Phi) is 3.38. The third-order valence-corrected chi connectivity index (χ3v) is 2.88. The molecule has 106 valence electrons. The zero-order valence-electron chi connectivity index (χ0n) is 11.3. The molecule has 0 saturated carbocycles. The number of carbonyl (C=O) groups is 1. The standard InChI is InChI=1S/C14H13N5O2/c1-21-12-4-2-3-11(17-12)18-19-14(20)10-6-5-9-7-8-15-13(9)16-10/h2-8H,1H3,(H,15,16)(H,17,18)(H,19,20). The van der Waals surface area contributed by atoms with E-state index in [4.69, 9.17) is 4.74 Å². The first-order valence-corrected chi connectivity index (χ1v) is 6.28. The lowest BCUT2D eigenvalue weighted by Gasteiger charge is -2.08. The van der Waals surface area contributed by atoms with Crippen LogP contribution in [0.3, 0.4) is 0 Å². The van der Waals surface area contributed by atoms with E-state index in [2.05, 4.69) is 25.8 Å². The lowest BCUT2D eigenvalue weighted by molar-refractivity contribution is 0.0958. The van der Waals surface area contributed by atoms with Crippen molar-refractivity contribution in [2.45, 2.75) is 0 Å². The smallest absolute Gasteiger partial charge is 0.288 e. The number of hydrazine groups is 1. The number of nitrogens with zero attached hydrogens (tertiary/aromatic N) is 2. The Balaban J connectivity index is 1.70. The van der Waals surface area contributed by atoms with Crippen LogP contribution in [-0.2, 0) is 0 Å². The molecular weight excluding hydrogens is 270 g/mol. The van der Waals surface area contributed by atoms with E-state index in [0.29, 0.717) is 23.0 Å². The van der Waals surface area contributed by atoms with E-state index in [-0.39, 0.29) is 5.91 Å². The number of fused-ring (bicyclic) bond motifs is 1. The number of pyridine rings is 2. The Morgan fingerprint density at radius 1 is 1.19 bits per heavy atom. The summed E-state index contributed by atoms with van der Waals surface area (Å²) in [4.78, 5) is 23.3. The van der Waals surface area contributed by atoms with Gasteiger partial charge in [-0.3, -0.25) is 15.6 Å². The van der Waals surface area contributed by atoms with E-state index < -0.39 is 0 Å². The fourth-order valence-corrected chi connectivity index (χ4v) is 1.84. The summed E-state index contributed by atoms with van der Waals surface area (Å²) < 4.78 is 5.01. The summed E-state index contributed by atoms with van der Waals surface area (Å²) in [5.41, 5.74) is 6.23. The van der Waals surface area contributed by atoms with Gasteiger partial charge in [0.1, 0.15) is 17.2 Å². The van der Waals surface area contributed by atoms with Gasteiger partial charge in [0.25, 0.3) is 5.91 Å². The highest BCUT2D eigenvalue weighted by atomic mass is 16.5. The molecule has 0 bridgehead atoms. The number of aromatic nitrogens is 3. The van der Waals surface area contributed by atoms with E-state index in [0.717, 1.165) is 5.39 Å². The predicted octanol–water partition coefficient (Wildman–Crippen LogP) is 1.72. The topological polar surface area (TPSA) is 91.9 Å². The molecule has 0 saturated heterocycles. The van der Waals surface area contributed by atoms with Gasteiger partial charge in [0.2, 0.25) is 5.88 Å². The summed E-state index contributed by atoms with van der Waals surface area (Å²) >= 11 is 0. The van der Waals surface area contributed by atoms with Crippen molar-refractivity contribution in [3.8, 4) is 5.88 Å². The maximum absolute atomic E-state index is 12.0. The van der Waals surface area contributed by atoms with Crippen molar-refractivity contribution >= 4 is 22.8 Å². The van der Waals surface area contributed by atoms with Gasteiger partial charge in [-0.25, -0.2) is 4.98 Å². The van der Waals surface area contributed by atoms with Crippen molar-refractivity contribution < 1.29 is 9.53 Å². The molecule has 0 atom stereocenters. The SMILES string of the molecule is COc1cccc(NNC(=O)c2ccc3cc[nH]c3n2)n1. The van der Waals surface area contributed by atoms with Crippen LogP contribution in [0.25, 0.3) is 11.0 Å². The fourth-order valence-electron chi connectivity index (χ4n) is 1.84. The maximum atomic E-state index is 12.0. The molecule has 0 aliphatic rings. The van der Waals surface area contributed by atoms with Crippen LogP contribution in [0.4, 0.5) is 5.82 Å². The second kappa shape index (κ2) is 5.49. The van der Waals surface area contributed by atoms with Crippen LogP contribution in [-0.4, -0.2) is 28.0 Å². The minimum Gasteiger partial charge on any atom is -0.481 e. The van der Waals surface area contributed by atoms with Gasteiger partial charge < -0.3 is 9.72 Å². The lowest BCUT2D eigenvalue weighted by Crippen LogP contribution is -2.30. The van der Waals surface area contributed by atoms with E-state index in [1.165, 1.54) is 7.11 Å². The molecule has 3 rings (SSSR count). The van der Waals surface area contributed by atoms with Gasteiger partial charge >= 0.3 is 0 Å². The molecule has 3 heterocycles. The maximum Gasteiger partial charge on any atom is 0.288 e. The molecule has 0 aliphatic heterocycles. The average molecular weight is 283 g/mol. The van der Waals surface area contributed by atoms with Crippen molar-refractivity contribution in [1.82, 2.24) is 20.4 Å². The van der Waals surface area contributed by atoms with Crippen molar-refractivity contribution in [3.63, 3.8) is 0 Å². The van der Waals surface area contributed by atoms with Crippen LogP contribution in [0.2, 0.25) is 0 Å². The first kappa shape index (κ1) is 12.9. The fraction of sp³-hybridized carbons (Fsp3) is 0.0714. The van der Waals surface area contributed by atoms with Crippen LogP contribution in [0.15, 0.2) is 42.6 Å². The van der Waals surface area contributed by atoms with E-state index >= 15 is 0 Å². The number of amides is 1. The lowest BCUT2D eigenvalue weighted by atomic mass is 10.3. The molecule has 3 N–H and O–H groups in total. The molecule has 7 heteroatoms. The predicted molar refractivity (Wildman–Crippen MR) is 78.0 cm³/mol. The van der Waals surface area contributed by atoms with Crippen LogP contribution in [0.1, 0.15) is 10.5 Å². The highest BCUT2D eigenvalue weighted by molar-refractivity contribution is 5.94. The van der Waals surface area contributed by atoms with Gasteiger partial charge in [-0.1, -0.05) is 6.07 Å². The molecule has 0 spiro atoms. The molecule has 3 aromatic heterocycles. The van der Waals surface area contributed by atoms with Crippen LogP contribution >= 0.6 is 0 Å². The Hall–Kier alpha value is -3.09. The summed E-state index contributed by atoms with van der Waals surface area (Å²) in [7, 11) is 1.53. The summed E-state index contributed by atoms with van der Waals surface area (Å²) in [5, 5.41) is 0.953. The molecule has 1 amide bonds. The molecule has 0 radical (unpaired) electrons. The van der Waals surface area contributed by atoms with Gasteiger partial charge in [0.05, 0.1) is 7.11 Å². The van der Waals surface area contributed by atoms with Crippen molar-refractivity contribution in [1.29, 1.82) is 0 Å². The number of rotatable bonds is 4. The second-order valence-corrected chi connectivity index (χ2v) is 4.26. The van der Waals surface area contributed by atoms with Crippen molar-refractivity contribution in [2.24, 2.45) is 0 Å². The van der Waals surface area contributed by atoms with E-state index in [9.17, 15) is 4.79 Å². The zero-order chi connectivity index (χ0) is 14.7. The largest absolute Gasteiger partial charge is 0.481 e. The van der Waals surface area contributed by atoms with Crippen molar-refractivity contribution in [3.05, 3.63) is 48.3 Å². The quantitative estimate of drug-likeness (QED) is 0.634. The van der Waals surface area contributed by atoms with Crippen molar-refractivity contribution in [2.75, 3.05) is 12.5 Å². The molecule has 0 fully saturated rings. The normalized spacial score (nSPS) is 10.3. The highest BCUT2D eigenvalue weighted by Gasteiger charge is 2.08. The number of methoxy groups -OCH3 is 1. The first-order chi connectivity index (χ1) is 10.3. The second-order valence-electron chi connectivity index (χ2n) is 4.26. The minimum atomic E-state index is -0.351. The Morgan fingerprint density at radius 2 is 2.10 bits per heavy atom. The number of aromatic amines is 1. The van der Waals surface area contributed by atoms with Gasteiger partial charge in [0.15, 0.2) is 0 Å². The Morgan fingerprint density at radius 3 is 2.95 bits per heavy atom. The molecule has 0 unspecified atom stereocenters. The number of anilines is 1. The number of ether oxygens (including phenoxy) is 1. The minimum absolute atomic E-state index is 0.306. The number of hydrogen-bond donors (Lipinski definition) is 3. The average Bonchev–Trinajstić information content (AvgIpc) is 3.00. The van der Waals surface area contributed by atoms with E-state index in [1.807, 2.05) is 12.1 Å². The summed E-state index contributed by atoms with van der Waals surface area (Å²) in [6.45, 7) is 0. The first-order valence-electron chi connectivity index (χ1n) is 6.28. The molecule has 7 nitrogen and oxygen atoms in total. The number of hydrogen-bond acceptors (Lipinski definition) is 5. The molecular formula is C14H13N5O2. The number of H-pyrrole nitrogens is 1. The molecule has 21 heavy (non-hydrogen) atoms. The molecule has 0 aromatic carbocycles. The van der Waals surface area contributed by atoms with Crippen LogP contribution < -0.4 is 15.6 Å².